The highest BCUT2D eigenvalue weighted by Crippen LogP contribution is 2.46. The minimum absolute atomic E-state index is 0.122. The van der Waals surface area contributed by atoms with E-state index in [0.717, 1.165) is 16.9 Å². The SMILES string of the molecule is C=CCOc1ccc(C2/C(=C(\O)c3c(C)nc4ccccn34)C(=O)C(=O)N2c2nnc(SCc3ccc(Cl)cc3Cl)s2)cc1OCC. The number of aliphatic hydroxyl groups is 1. The highest BCUT2D eigenvalue weighted by Gasteiger charge is 2.49. The van der Waals surface area contributed by atoms with E-state index in [2.05, 4.69) is 21.8 Å². The van der Waals surface area contributed by atoms with Crippen LogP contribution < -0.4 is 14.4 Å². The summed E-state index contributed by atoms with van der Waals surface area (Å²) >= 11 is 14.9. The summed E-state index contributed by atoms with van der Waals surface area (Å²) < 4.78 is 13.9. The van der Waals surface area contributed by atoms with Crippen LogP contribution in [-0.2, 0) is 15.3 Å². The van der Waals surface area contributed by atoms with Crippen molar-refractivity contribution in [3.63, 3.8) is 0 Å². The Morgan fingerprint density at radius 1 is 1.11 bits per heavy atom. The molecule has 5 aromatic rings. The first kappa shape index (κ1) is 32.6. The second-order valence-corrected chi connectivity index (χ2v) is 13.3. The number of imidazole rings is 1. The third kappa shape index (κ3) is 6.33. The van der Waals surface area contributed by atoms with Gasteiger partial charge in [-0.3, -0.25) is 18.9 Å². The number of amides is 1. The number of pyridine rings is 1. The maximum atomic E-state index is 13.9. The standard InChI is InChI=1S/C33H27Cl2N5O5S2/c1-4-14-45-23-12-10-19(15-24(23)44-5-2)28-26(29(41)27-18(3)36-25-8-6-7-13-39(25)27)30(42)31(43)40(28)32-37-38-33(47-32)46-17-20-9-11-21(34)16-22(20)35/h4,6-13,15-16,28,41H,1,5,14,17H2,2-3H3/b29-26+. The minimum atomic E-state index is -1.08. The van der Waals surface area contributed by atoms with Crippen LogP contribution in [0.25, 0.3) is 11.4 Å². The zero-order chi connectivity index (χ0) is 33.2. The van der Waals surface area contributed by atoms with Gasteiger partial charge in [0.2, 0.25) is 5.13 Å². The number of rotatable bonds is 11. The number of aliphatic hydroxyl groups excluding tert-OH is 1. The van der Waals surface area contributed by atoms with Gasteiger partial charge in [0.15, 0.2) is 21.6 Å². The highest BCUT2D eigenvalue weighted by molar-refractivity contribution is 8.00. The maximum Gasteiger partial charge on any atom is 0.301 e. The molecule has 2 aromatic carbocycles. The van der Waals surface area contributed by atoms with Crippen LogP contribution in [0.1, 0.15) is 35.5 Å². The number of anilines is 1. The van der Waals surface area contributed by atoms with Crippen LogP contribution in [-0.4, -0.2) is 49.6 Å². The fourth-order valence-corrected chi connectivity index (χ4v) is 7.67. The van der Waals surface area contributed by atoms with Crippen LogP contribution >= 0.6 is 46.3 Å². The number of thioether (sulfide) groups is 1. The number of ketones is 1. The average Bonchev–Trinajstić information content (AvgIpc) is 3.73. The van der Waals surface area contributed by atoms with E-state index in [4.69, 9.17) is 32.7 Å². The van der Waals surface area contributed by atoms with Gasteiger partial charge in [0, 0.05) is 22.0 Å². The smallest absolute Gasteiger partial charge is 0.301 e. The predicted octanol–water partition coefficient (Wildman–Crippen LogP) is 7.68. The average molecular weight is 709 g/mol. The lowest BCUT2D eigenvalue weighted by molar-refractivity contribution is -0.132. The molecule has 240 valence electrons. The van der Waals surface area contributed by atoms with Crippen molar-refractivity contribution >= 4 is 74.5 Å². The van der Waals surface area contributed by atoms with Crippen molar-refractivity contribution in [1.82, 2.24) is 19.6 Å². The Balaban J connectivity index is 1.46. The summed E-state index contributed by atoms with van der Waals surface area (Å²) in [6, 6.07) is 14.7. The van der Waals surface area contributed by atoms with Crippen LogP contribution in [0.4, 0.5) is 5.13 Å². The van der Waals surface area contributed by atoms with Gasteiger partial charge >= 0.3 is 5.91 Å². The molecule has 4 heterocycles. The van der Waals surface area contributed by atoms with Crippen molar-refractivity contribution in [1.29, 1.82) is 0 Å². The molecule has 1 saturated heterocycles. The van der Waals surface area contributed by atoms with E-state index in [-0.39, 0.29) is 23.1 Å². The van der Waals surface area contributed by atoms with Gasteiger partial charge in [-0.1, -0.05) is 77.2 Å². The maximum absolute atomic E-state index is 13.9. The number of ether oxygens (including phenoxy) is 2. The Kier molecular flexibility index (Phi) is 9.55. The van der Waals surface area contributed by atoms with Gasteiger partial charge in [-0.25, -0.2) is 4.98 Å². The van der Waals surface area contributed by atoms with Crippen molar-refractivity contribution in [2.75, 3.05) is 18.1 Å². The van der Waals surface area contributed by atoms with E-state index >= 15 is 0 Å². The second-order valence-electron chi connectivity index (χ2n) is 10.3. The molecule has 1 atom stereocenters. The van der Waals surface area contributed by atoms with E-state index in [1.807, 2.05) is 19.1 Å². The summed E-state index contributed by atoms with van der Waals surface area (Å²) in [5, 5.41) is 21.7. The Labute approximate surface area is 288 Å². The summed E-state index contributed by atoms with van der Waals surface area (Å²) in [6.07, 6.45) is 3.35. The van der Waals surface area contributed by atoms with E-state index in [9.17, 15) is 14.7 Å². The van der Waals surface area contributed by atoms with Crippen molar-refractivity contribution < 1.29 is 24.2 Å². The van der Waals surface area contributed by atoms with E-state index in [1.165, 1.54) is 16.7 Å². The summed E-state index contributed by atoms with van der Waals surface area (Å²) in [7, 11) is 0. The van der Waals surface area contributed by atoms with Crippen molar-refractivity contribution in [3.8, 4) is 11.5 Å². The monoisotopic (exact) mass is 707 g/mol. The Morgan fingerprint density at radius 3 is 2.70 bits per heavy atom. The lowest BCUT2D eigenvalue weighted by Crippen LogP contribution is -2.29. The first-order valence-corrected chi connectivity index (χ1v) is 16.9. The lowest BCUT2D eigenvalue weighted by atomic mass is 9.96. The molecule has 0 saturated carbocycles. The van der Waals surface area contributed by atoms with Crippen molar-refractivity contribution in [2.24, 2.45) is 0 Å². The van der Waals surface area contributed by atoms with Gasteiger partial charge in [0.05, 0.1) is 23.9 Å². The zero-order valence-corrected chi connectivity index (χ0v) is 28.3. The number of benzene rings is 2. The molecule has 10 nitrogen and oxygen atoms in total. The number of fused-ring (bicyclic) bond motifs is 1. The Hall–Kier alpha value is -4.36. The Bertz CT molecular complexity index is 2060. The molecule has 1 amide bonds. The number of nitrogens with zero attached hydrogens (tertiary/aromatic N) is 5. The molecular weight excluding hydrogens is 681 g/mol. The largest absolute Gasteiger partial charge is 0.505 e. The van der Waals surface area contributed by atoms with E-state index in [1.54, 1.807) is 66.1 Å². The van der Waals surface area contributed by atoms with E-state index in [0.29, 0.717) is 60.8 Å². The van der Waals surface area contributed by atoms with E-state index < -0.39 is 17.7 Å². The number of aromatic nitrogens is 4. The van der Waals surface area contributed by atoms with Gasteiger partial charge in [0.1, 0.15) is 17.9 Å². The van der Waals surface area contributed by atoms with Gasteiger partial charge in [-0.05, 0) is 61.4 Å². The molecule has 1 aliphatic rings. The summed E-state index contributed by atoms with van der Waals surface area (Å²) in [4.78, 5) is 33.5. The molecule has 0 bridgehead atoms. The fraction of sp³-hybridized carbons (Fsp3) is 0.182. The molecule has 14 heteroatoms. The topological polar surface area (TPSA) is 119 Å². The number of carbonyl (C=O) groups is 2. The molecule has 47 heavy (non-hydrogen) atoms. The molecule has 1 fully saturated rings. The van der Waals surface area contributed by atoms with Gasteiger partial charge in [-0.15, -0.1) is 10.2 Å². The van der Waals surface area contributed by atoms with Crippen LogP contribution in [0.15, 0.2) is 83.4 Å². The predicted molar refractivity (Wildman–Crippen MR) is 184 cm³/mol. The number of Topliss-reactive ketones (excluding diaryl/α,β-unsaturated/α-hetero) is 1. The molecule has 1 N–H and O–H groups in total. The number of hydrogen-bond acceptors (Lipinski definition) is 10. The quantitative estimate of drug-likeness (QED) is 0.0368. The first-order chi connectivity index (χ1) is 22.7. The Morgan fingerprint density at radius 2 is 1.94 bits per heavy atom. The highest BCUT2D eigenvalue weighted by atomic mass is 35.5. The number of halogens is 2. The summed E-state index contributed by atoms with van der Waals surface area (Å²) in [5.74, 6) is -0.767. The number of carbonyl (C=O) groups excluding carboxylic acids is 2. The van der Waals surface area contributed by atoms with Crippen molar-refractivity contribution in [3.05, 3.63) is 112 Å². The molecular formula is C33H27Cl2N5O5S2. The first-order valence-electron chi connectivity index (χ1n) is 14.4. The van der Waals surface area contributed by atoms with Gasteiger partial charge < -0.3 is 14.6 Å². The lowest BCUT2D eigenvalue weighted by Gasteiger charge is -2.23. The molecule has 1 unspecified atom stereocenters. The molecule has 1 aliphatic heterocycles. The molecule has 0 aliphatic carbocycles. The molecule has 6 rings (SSSR count). The fourth-order valence-electron chi connectivity index (χ4n) is 5.24. The zero-order valence-electron chi connectivity index (χ0n) is 25.1. The third-order valence-electron chi connectivity index (χ3n) is 7.28. The normalized spacial score (nSPS) is 15.8. The molecule has 0 spiro atoms. The molecule has 3 aromatic heterocycles. The summed E-state index contributed by atoms with van der Waals surface area (Å²) in [5.41, 5.74) is 2.58. The van der Waals surface area contributed by atoms with Gasteiger partial charge in [-0.2, -0.15) is 0 Å². The van der Waals surface area contributed by atoms with Crippen LogP contribution in [0.3, 0.4) is 0 Å². The molecule has 0 radical (unpaired) electrons. The van der Waals surface area contributed by atoms with Crippen LogP contribution in [0, 0.1) is 6.92 Å². The second kappa shape index (κ2) is 13.8. The number of aryl methyl sites for hydroxylation is 1. The minimum Gasteiger partial charge on any atom is -0.505 e. The van der Waals surface area contributed by atoms with Crippen LogP contribution in [0.2, 0.25) is 10.0 Å². The third-order valence-corrected chi connectivity index (χ3v) is 9.97. The summed E-state index contributed by atoms with van der Waals surface area (Å²) in [6.45, 7) is 7.85. The number of hydrogen-bond donors (Lipinski definition) is 1. The van der Waals surface area contributed by atoms with Crippen molar-refractivity contribution in [2.45, 2.75) is 30.0 Å². The van der Waals surface area contributed by atoms with Crippen LogP contribution in [0.5, 0.6) is 11.5 Å². The van der Waals surface area contributed by atoms with Gasteiger partial charge in [0.25, 0.3) is 5.78 Å².